The first-order valence-corrected chi connectivity index (χ1v) is 9.18. The lowest BCUT2D eigenvalue weighted by Crippen LogP contribution is -2.28. The van der Waals surface area contributed by atoms with E-state index in [1.807, 2.05) is 45.9 Å². The Balaban J connectivity index is 0.00000338. The molecule has 6 heteroatoms. The predicted octanol–water partition coefficient (Wildman–Crippen LogP) is 4.12. The van der Waals surface area contributed by atoms with Crippen LogP contribution in [0.1, 0.15) is 52.0 Å². The van der Waals surface area contributed by atoms with Gasteiger partial charge in [0, 0.05) is 23.2 Å². The van der Waals surface area contributed by atoms with E-state index in [0.717, 1.165) is 43.6 Å². The second-order valence-corrected chi connectivity index (χ2v) is 8.01. The van der Waals surface area contributed by atoms with E-state index in [1.54, 1.807) is 0 Å². The first-order valence-electron chi connectivity index (χ1n) is 9.18. The van der Waals surface area contributed by atoms with E-state index in [2.05, 4.69) is 16.0 Å². The van der Waals surface area contributed by atoms with E-state index >= 15 is 0 Å². The fourth-order valence-electron chi connectivity index (χ4n) is 2.87. The molecule has 1 fully saturated rings. The van der Waals surface area contributed by atoms with Gasteiger partial charge in [-0.15, -0.1) is 12.4 Å². The van der Waals surface area contributed by atoms with Gasteiger partial charge in [-0.2, -0.15) is 0 Å². The number of halogens is 1. The number of benzene rings is 1. The summed E-state index contributed by atoms with van der Waals surface area (Å²) in [4.78, 5) is 24.4. The molecule has 0 bridgehead atoms. The number of carbonyl (C=O) groups is 2. The normalized spacial score (nSPS) is 15.1. The monoisotopic (exact) mass is 381 g/mol. The molecule has 1 aromatic rings. The van der Waals surface area contributed by atoms with Crippen LogP contribution in [0, 0.1) is 18.3 Å². The van der Waals surface area contributed by atoms with Gasteiger partial charge in [-0.05, 0) is 62.9 Å². The summed E-state index contributed by atoms with van der Waals surface area (Å²) in [5, 5.41) is 9.25. The largest absolute Gasteiger partial charge is 0.326 e. The third kappa shape index (κ3) is 6.96. The maximum Gasteiger partial charge on any atom is 0.229 e. The Morgan fingerprint density at radius 1 is 1.15 bits per heavy atom. The molecule has 0 radical (unpaired) electrons. The highest BCUT2D eigenvalue weighted by Crippen LogP contribution is 2.24. The molecule has 0 atom stereocenters. The SMILES string of the molecule is Cc1ccc(NC(=O)C(C)(C)C)cc1NC(=O)CCC1CCNCC1.Cl. The number of amides is 2. The van der Waals surface area contributed by atoms with Crippen LogP contribution in [0.15, 0.2) is 18.2 Å². The summed E-state index contributed by atoms with van der Waals surface area (Å²) in [6.45, 7) is 9.69. The van der Waals surface area contributed by atoms with Crippen LogP contribution in [0.25, 0.3) is 0 Å². The van der Waals surface area contributed by atoms with Gasteiger partial charge in [0.1, 0.15) is 0 Å². The lowest BCUT2D eigenvalue weighted by atomic mass is 9.93. The topological polar surface area (TPSA) is 70.2 Å². The van der Waals surface area contributed by atoms with Crippen molar-refractivity contribution in [3.63, 3.8) is 0 Å². The predicted molar refractivity (Wildman–Crippen MR) is 110 cm³/mol. The molecule has 1 saturated heterocycles. The molecule has 1 heterocycles. The van der Waals surface area contributed by atoms with E-state index in [1.165, 1.54) is 0 Å². The van der Waals surface area contributed by atoms with Crippen LogP contribution in [-0.4, -0.2) is 24.9 Å². The smallest absolute Gasteiger partial charge is 0.229 e. The second-order valence-electron chi connectivity index (χ2n) is 8.01. The van der Waals surface area contributed by atoms with Gasteiger partial charge in [-0.25, -0.2) is 0 Å². The molecule has 2 rings (SSSR count). The van der Waals surface area contributed by atoms with Crippen LogP contribution in [0.3, 0.4) is 0 Å². The number of hydrogen-bond donors (Lipinski definition) is 3. The standard InChI is InChI=1S/C20H31N3O2.ClH/c1-14-5-7-16(22-19(25)20(2,3)4)13-17(14)23-18(24)8-6-15-9-11-21-12-10-15;/h5,7,13,15,21H,6,8-12H2,1-4H3,(H,22,25)(H,23,24);1H. The van der Waals surface area contributed by atoms with Crippen molar-refractivity contribution in [2.75, 3.05) is 23.7 Å². The molecule has 5 nitrogen and oxygen atoms in total. The molecule has 0 saturated carbocycles. The van der Waals surface area contributed by atoms with Crippen LogP contribution >= 0.6 is 12.4 Å². The van der Waals surface area contributed by atoms with Gasteiger partial charge in [-0.1, -0.05) is 26.8 Å². The van der Waals surface area contributed by atoms with Gasteiger partial charge in [0.05, 0.1) is 0 Å². The number of anilines is 2. The van der Waals surface area contributed by atoms with Crippen LogP contribution < -0.4 is 16.0 Å². The van der Waals surface area contributed by atoms with Gasteiger partial charge >= 0.3 is 0 Å². The summed E-state index contributed by atoms with van der Waals surface area (Å²) >= 11 is 0. The lowest BCUT2D eigenvalue weighted by molar-refractivity contribution is -0.123. The molecule has 1 aliphatic rings. The molecule has 0 unspecified atom stereocenters. The molecule has 0 aromatic heterocycles. The van der Waals surface area contributed by atoms with E-state index in [9.17, 15) is 9.59 Å². The second kappa shape index (κ2) is 9.93. The Morgan fingerprint density at radius 3 is 2.42 bits per heavy atom. The molecule has 3 N–H and O–H groups in total. The Bertz CT molecular complexity index is 620. The van der Waals surface area contributed by atoms with E-state index in [0.29, 0.717) is 18.0 Å². The van der Waals surface area contributed by atoms with Gasteiger partial charge < -0.3 is 16.0 Å². The Hall–Kier alpha value is -1.59. The fraction of sp³-hybridized carbons (Fsp3) is 0.600. The molecule has 1 aliphatic heterocycles. The zero-order valence-corrected chi connectivity index (χ0v) is 17.1. The molecular weight excluding hydrogens is 350 g/mol. The molecular formula is C20H32ClN3O2. The highest BCUT2D eigenvalue weighted by atomic mass is 35.5. The highest BCUT2D eigenvalue weighted by molar-refractivity contribution is 5.96. The Kier molecular flexibility index (Phi) is 8.57. The average molecular weight is 382 g/mol. The van der Waals surface area contributed by atoms with Crippen molar-refractivity contribution in [1.82, 2.24) is 5.32 Å². The molecule has 2 amide bonds. The van der Waals surface area contributed by atoms with Crippen molar-refractivity contribution in [3.05, 3.63) is 23.8 Å². The number of hydrogen-bond acceptors (Lipinski definition) is 3. The van der Waals surface area contributed by atoms with Crippen LogP contribution in [-0.2, 0) is 9.59 Å². The molecule has 146 valence electrons. The van der Waals surface area contributed by atoms with E-state index in [4.69, 9.17) is 0 Å². The summed E-state index contributed by atoms with van der Waals surface area (Å²) in [6.07, 6.45) is 3.79. The molecule has 1 aromatic carbocycles. The zero-order valence-electron chi connectivity index (χ0n) is 16.3. The number of aryl methyl sites for hydroxylation is 1. The van der Waals surface area contributed by atoms with Crippen LogP contribution in [0.4, 0.5) is 11.4 Å². The first kappa shape index (κ1) is 22.5. The van der Waals surface area contributed by atoms with Crippen molar-refractivity contribution in [2.24, 2.45) is 11.3 Å². The number of nitrogens with one attached hydrogen (secondary N) is 3. The van der Waals surface area contributed by atoms with Gasteiger partial charge in [-0.3, -0.25) is 9.59 Å². The minimum absolute atomic E-state index is 0. The maximum absolute atomic E-state index is 12.3. The summed E-state index contributed by atoms with van der Waals surface area (Å²) in [5.74, 6) is 0.644. The number of rotatable bonds is 5. The summed E-state index contributed by atoms with van der Waals surface area (Å²) < 4.78 is 0. The number of piperidine rings is 1. The van der Waals surface area contributed by atoms with Gasteiger partial charge in [0.15, 0.2) is 0 Å². The van der Waals surface area contributed by atoms with Crippen molar-refractivity contribution < 1.29 is 9.59 Å². The van der Waals surface area contributed by atoms with Crippen LogP contribution in [0.5, 0.6) is 0 Å². The van der Waals surface area contributed by atoms with Gasteiger partial charge in [0.25, 0.3) is 0 Å². The van der Waals surface area contributed by atoms with Gasteiger partial charge in [0.2, 0.25) is 11.8 Å². The van der Waals surface area contributed by atoms with Crippen molar-refractivity contribution in [3.8, 4) is 0 Å². The fourth-order valence-corrected chi connectivity index (χ4v) is 2.87. The quantitative estimate of drug-likeness (QED) is 0.718. The lowest BCUT2D eigenvalue weighted by Gasteiger charge is -2.22. The minimum atomic E-state index is -0.455. The minimum Gasteiger partial charge on any atom is -0.326 e. The van der Waals surface area contributed by atoms with Crippen molar-refractivity contribution in [2.45, 2.75) is 53.4 Å². The van der Waals surface area contributed by atoms with E-state index in [-0.39, 0.29) is 24.2 Å². The van der Waals surface area contributed by atoms with Crippen LogP contribution in [0.2, 0.25) is 0 Å². The maximum atomic E-state index is 12.3. The summed E-state index contributed by atoms with van der Waals surface area (Å²) in [5.41, 5.74) is 2.01. The third-order valence-electron chi connectivity index (χ3n) is 4.69. The first-order chi connectivity index (χ1) is 11.8. The molecule has 0 spiro atoms. The van der Waals surface area contributed by atoms with Crippen molar-refractivity contribution >= 4 is 35.6 Å². The summed E-state index contributed by atoms with van der Waals surface area (Å²) in [6, 6.07) is 5.62. The third-order valence-corrected chi connectivity index (χ3v) is 4.69. The Morgan fingerprint density at radius 2 is 1.81 bits per heavy atom. The molecule has 0 aliphatic carbocycles. The molecule has 26 heavy (non-hydrogen) atoms. The summed E-state index contributed by atoms with van der Waals surface area (Å²) in [7, 11) is 0. The number of carbonyl (C=O) groups excluding carboxylic acids is 2. The Labute approximate surface area is 163 Å². The average Bonchev–Trinajstić information content (AvgIpc) is 2.56. The highest BCUT2D eigenvalue weighted by Gasteiger charge is 2.21. The zero-order chi connectivity index (χ0) is 18.4. The van der Waals surface area contributed by atoms with E-state index < -0.39 is 5.41 Å². The van der Waals surface area contributed by atoms with Crippen molar-refractivity contribution in [1.29, 1.82) is 0 Å².